The molecular formula is C28H29ClN4O5S2. The van der Waals surface area contributed by atoms with E-state index in [9.17, 15) is 13.2 Å². The molecule has 9 nitrogen and oxygen atoms in total. The summed E-state index contributed by atoms with van der Waals surface area (Å²) < 4.78 is 38.3. The van der Waals surface area contributed by atoms with Crippen LogP contribution in [0.2, 0.25) is 5.02 Å². The Morgan fingerprint density at radius 3 is 2.70 bits per heavy atom. The molecule has 2 atom stereocenters. The predicted octanol–water partition coefficient (Wildman–Crippen LogP) is 4.01. The lowest BCUT2D eigenvalue weighted by Gasteiger charge is -2.27. The second-order valence-electron chi connectivity index (χ2n) is 9.84. The first-order valence-electron chi connectivity index (χ1n) is 12.8. The number of benzene rings is 2. The summed E-state index contributed by atoms with van der Waals surface area (Å²) in [6.45, 7) is 3.65. The topological polar surface area (TPSA) is 126 Å². The van der Waals surface area contributed by atoms with Crippen LogP contribution in [0.1, 0.15) is 31.4 Å². The molecular weight excluding hydrogens is 572 g/mol. The van der Waals surface area contributed by atoms with Crippen LogP contribution < -0.4 is 15.8 Å². The van der Waals surface area contributed by atoms with Crippen LogP contribution in [0.4, 0.5) is 0 Å². The van der Waals surface area contributed by atoms with Gasteiger partial charge in [0.1, 0.15) is 24.3 Å². The van der Waals surface area contributed by atoms with Gasteiger partial charge in [-0.2, -0.15) is 0 Å². The van der Waals surface area contributed by atoms with Crippen LogP contribution in [-0.4, -0.2) is 60.3 Å². The van der Waals surface area contributed by atoms with Gasteiger partial charge in [-0.1, -0.05) is 36.0 Å². The van der Waals surface area contributed by atoms with Gasteiger partial charge in [-0.05, 0) is 69.3 Å². The minimum Gasteiger partial charge on any atom is -0.489 e. The molecule has 1 fully saturated rings. The molecule has 1 aliphatic heterocycles. The van der Waals surface area contributed by atoms with Crippen molar-refractivity contribution < 1.29 is 22.7 Å². The van der Waals surface area contributed by atoms with Gasteiger partial charge in [0.2, 0.25) is 5.91 Å². The van der Waals surface area contributed by atoms with Crippen LogP contribution in [0.3, 0.4) is 0 Å². The number of thiocarbonyl (C=S) groups is 1. The quantitative estimate of drug-likeness (QED) is 0.372. The van der Waals surface area contributed by atoms with Gasteiger partial charge in [-0.3, -0.25) is 9.36 Å². The number of hydrogen-bond donors (Lipinski definition) is 2. The molecule has 0 bridgehead atoms. The molecule has 2 heterocycles. The van der Waals surface area contributed by atoms with E-state index in [1.807, 2.05) is 25.1 Å². The van der Waals surface area contributed by atoms with Crippen molar-refractivity contribution in [1.82, 2.24) is 14.9 Å². The van der Waals surface area contributed by atoms with Crippen LogP contribution in [-0.2, 0) is 19.4 Å². The molecule has 1 aliphatic carbocycles. The van der Waals surface area contributed by atoms with Gasteiger partial charge in [0.25, 0.3) is 0 Å². The Balaban J connectivity index is 1.45. The maximum atomic E-state index is 12.3. The number of imidazole rings is 1. The van der Waals surface area contributed by atoms with E-state index in [-0.39, 0.29) is 21.4 Å². The fourth-order valence-electron chi connectivity index (χ4n) is 4.84. The number of carbonyl (C=O) groups is 1. The van der Waals surface area contributed by atoms with Gasteiger partial charge in [-0.25, -0.2) is 13.4 Å². The summed E-state index contributed by atoms with van der Waals surface area (Å²) in [5, 5.41) is 3.78. The van der Waals surface area contributed by atoms with Crippen molar-refractivity contribution in [2.75, 3.05) is 19.3 Å². The summed E-state index contributed by atoms with van der Waals surface area (Å²) in [6, 6.07) is 10.3. The Morgan fingerprint density at radius 1 is 1.25 bits per heavy atom. The molecule has 1 amide bonds. The number of nitrogens with zero attached hydrogens (tertiary/aromatic N) is 2. The third kappa shape index (κ3) is 5.84. The van der Waals surface area contributed by atoms with Crippen molar-refractivity contribution in [3.05, 3.63) is 71.0 Å². The summed E-state index contributed by atoms with van der Waals surface area (Å²) in [6.07, 6.45) is 6.66. The maximum Gasteiger partial charge on any atom is 0.250 e. The average molecular weight is 601 g/mol. The van der Waals surface area contributed by atoms with Crippen molar-refractivity contribution >= 4 is 61.2 Å². The Hall–Kier alpha value is -3.09. The third-order valence-corrected chi connectivity index (χ3v) is 8.96. The second-order valence-corrected chi connectivity index (χ2v) is 12.7. The maximum absolute atomic E-state index is 12.3. The molecule has 0 radical (unpaired) electrons. The number of hydrogen-bond acceptors (Lipinski definition) is 8. The molecule has 12 heteroatoms. The third-order valence-electron chi connectivity index (χ3n) is 6.99. The molecule has 0 saturated carbocycles. The zero-order chi connectivity index (χ0) is 28.6. The highest BCUT2D eigenvalue weighted by Gasteiger charge is 2.29. The summed E-state index contributed by atoms with van der Waals surface area (Å²) in [5.41, 5.74) is 8.23. The summed E-state index contributed by atoms with van der Waals surface area (Å²) >= 11 is 12.4. The lowest BCUT2D eigenvalue weighted by Crippen LogP contribution is -2.34. The molecule has 0 spiro atoms. The van der Waals surface area contributed by atoms with E-state index in [1.165, 1.54) is 12.1 Å². The molecule has 2 aromatic carbocycles. The first-order chi connectivity index (χ1) is 19.0. The van der Waals surface area contributed by atoms with Gasteiger partial charge < -0.3 is 20.5 Å². The molecule has 5 rings (SSSR count). The minimum atomic E-state index is -3.40. The number of nitrogens with one attached hydrogen (secondary N) is 1. The Kier molecular flexibility index (Phi) is 8.12. The second kappa shape index (κ2) is 11.4. The number of sulfone groups is 1. The smallest absolute Gasteiger partial charge is 0.250 e. The standard InChI is InChI=1S/C28H29ClN4O5S2/c1-16(20-4-3-5-24(26(20)29)38-18-8-10-31-11-9-18)37-25-13-17(12-21(27(25)39)28(30)34)33-15-32-22-14-19(40(2,35)36)6-7-23(22)33/h3-7,12-16,18,25,31H,8-11H2,1-2H3,(H2,30,34)/t16-,25?/m1/s1. The van der Waals surface area contributed by atoms with Crippen LogP contribution in [0.25, 0.3) is 16.7 Å². The summed E-state index contributed by atoms with van der Waals surface area (Å²) in [4.78, 5) is 17.1. The Morgan fingerprint density at radius 2 is 2.00 bits per heavy atom. The van der Waals surface area contributed by atoms with Gasteiger partial charge in [0.05, 0.1) is 37.5 Å². The SMILES string of the molecule is C[C@@H](OC1C=C(n2cnc3cc(S(C)(=O)=O)ccc32)C=C(C(N)=O)C1=S)c1cccc(OC2CCNCC2)c1Cl. The number of aromatic nitrogens is 2. The van der Waals surface area contributed by atoms with E-state index >= 15 is 0 Å². The van der Waals surface area contributed by atoms with Gasteiger partial charge in [-0.15, -0.1) is 0 Å². The van der Waals surface area contributed by atoms with E-state index in [4.69, 9.17) is 39.0 Å². The van der Waals surface area contributed by atoms with E-state index in [1.54, 1.807) is 29.1 Å². The highest BCUT2D eigenvalue weighted by Crippen LogP contribution is 2.36. The molecule has 210 valence electrons. The predicted molar refractivity (Wildman–Crippen MR) is 158 cm³/mol. The minimum absolute atomic E-state index is 0.0865. The largest absolute Gasteiger partial charge is 0.489 e. The van der Waals surface area contributed by atoms with E-state index in [0.717, 1.165) is 37.8 Å². The van der Waals surface area contributed by atoms with Gasteiger partial charge in [0.15, 0.2) is 9.84 Å². The number of fused-ring (bicyclic) bond motifs is 1. The fraction of sp³-hybridized carbons (Fsp3) is 0.321. The molecule has 1 saturated heterocycles. The van der Waals surface area contributed by atoms with Crippen LogP contribution in [0.5, 0.6) is 5.75 Å². The molecule has 3 N–H and O–H groups in total. The summed E-state index contributed by atoms with van der Waals surface area (Å²) in [5.74, 6) is -0.0870. The van der Waals surface area contributed by atoms with Gasteiger partial charge in [0, 0.05) is 17.5 Å². The first kappa shape index (κ1) is 28.4. The van der Waals surface area contributed by atoms with Crippen molar-refractivity contribution in [1.29, 1.82) is 0 Å². The van der Waals surface area contributed by atoms with Crippen molar-refractivity contribution in [2.45, 2.75) is 43.0 Å². The normalized spacial score (nSPS) is 19.3. The lowest BCUT2D eigenvalue weighted by atomic mass is 9.98. The Bertz CT molecular complexity index is 1660. The molecule has 1 unspecified atom stereocenters. The van der Waals surface area contributed by atoms with Gasteiger partial charge >= 0.3 is 0 Å². The molecule has 1 aromatic heterocycles. The van der Waals surface area contributed by atoms with Crippen LogP contribution in [0, 0.1) is 0 Å². The van der Waals surface area contributed by atoms with Crippen molar-refractivity contribution in [3.63, 3.8) is 0 Å². The number of allylic oxidation sites excluding steroid dienone is 2. The van der Waals surface area contributed by atoms with E-state index in [0.29, 0.717) is 27.5 Å². The number of nitrogens with two attached hydrogens (primary N) is 1. The highest BCUT2D eigenvalue weighted by molar-refractivity contribution is 7.90. The zero-order valence-corrected chi connectivity index (χ0v) is 24.4. The summed E-state index contributed by atoms with van der Waals surface area (Å²) in [7, 11) is -3.40. The fourth-order valence-corrected chi connectivity index (χ4v) is 6.09. The number of primary amides is 1. The lowest BCUT2D eigenvalue weighted by molar-refractivity contribution is -0.114. The number of piperidine rings is 1. The average Bonchev–Trinajstić information content (AvgIpc) is 3.34. The number of amides is 1. The van der Waals surface area contributed by atoms with E-state index < -0.39 is 28.0 Å². The molecule has 3 aromatic rings. The van der Waals surface area contributed by atoms with Crippen LogP contribution in [0.15, 0.2) is 65.3 Å². The highest BCUT2D eigenvalue weighted by atomic mass is 35.5. The first-order valence-corrected chi connectivity index (χ1v) is 15.5. The van der Waals surface area contributed by atoms with Crippen LogP contribution >= 0.6 is 23.8 Å². The Labute approximate surface area is 242 Å². The van der Waals surface area contributed by atoms with E-state index in [2.05, 4.69) is 10.3 Å². The van der Waals surface area contributed by atoms with Crippen molar-refractivity contribution in [3.8, 4) is 5.75 Å². The molecule has 40 heavy (non-hydrogen) atoms. The zero-order valence-electron chi connectivity index (χ0n) is 22.0. The number of rotatable bonds is 8. The number of ether oxygens (including phenoxy) is 2. The monoisotopic (exact) mass is 600 g/mol. The number of carbonyl (C=O) groups excluding carboxylic acids is 1. The molecule has 2 aliphatic rings. The van der Waals surface area contributed by atoms with Crippen molar-refractivity contribution in [2.24, 2.45) is 5.73 Å². The number of halogens is 1.